The van der Waals surface area contributed by atoms with Crippen LogP contribution in [-0.4, -0.2) is 68.7 Å². The first-order valence-electron chi connectivity index (χ1n) is 20.6. The molecule has 0 aromatic heterocycles. The van der Waals surface area contributed by atoms with Gasteiger partial charge in [0.1, 0.15) is 28.6 Å². The summed E-state index contributed by atoms with van der Waals surface area (Å²) < 4.78 is 93.3. The summed E-state index contributed by atoms with van der Waals surface area (Å²) >= 11 is 0. The number of halogens is 6. The van der Waals surface area contributed by atoms with Crippen LogP contribution in [0.4, 0.5) is 31.1 Å². The number of alkyl halides is 6. The fourth-order valence-corrected chi connectivity index (χ4v) is 6.27. The SMILES string of the molecule is CN(CCCNC(=O)c1ccc2c(Oc3ccc(C(F)(F)F)cc3)cccc2c1)C(=O)OC(C)(C)C.CNCCCNC(=O)c1ccc2c(Oc3ccc(C(F)(F)F)cc3)cccc2c1. The van der Waals surface area contributed by atoms with Crippen molar-refractivity contribution in [3.8, 4) is 23.0 Å². The molecule has 6 aromatic carbocycles. The van der Waals surface area contributed by atoms with Crippen molar-refractivity contribution in [1.82, 2.24) is 20.9 Å². The zero-order chi connectivity index (χ0) is 47.4. The molecule has 0 aliphatic heterocycles. The number of carbonyl (C=O) groups excluding carboxylic acids is 3. The Bertz CT molecular complexity index is 2560. The molecule has 0 bridgehead atoms. The van der Waals surface area contributed by atoms with E-state index in [-0.39, 0.29) is 17.6 Å². The minimum Gasteiger partial charge on any atom is -0.457 e. The molecule has 16 heteroatoms. The summed E-state index contributed by atoms with van der Waals surface area (Å²) in [5.41, 5.74) is -1.06. The summed E-state index contributed by atoms with van der Waals surface area (Å²) in [4.78, 5) is 38.3. The van der Waals surface area contributed by atoms with Crippen LogP contribution in [0.15, 0.2) is 121 Å². The number of nitrogens with one attached hydrogen (secondary N) is 3. The first kappa shape index (κ1) is 49.2. The molecule has 10 nitrogen and oxygen atoms in total. The molecule has 0 spiro atoms. The van der Waals surface area contributed by atoms with Gasteiger partial charge in [-0.1, -0.05) is 24.3 Å². The van der Waals surface area contributed by atoms with Crippen molar-refractivity contribution in [2.24, 2.45) is 0 Å². The van der Waals surface area contributed by atoms with Gasteiger partial charge in [-0.25, -0.2) is 4.79 Å². The highest BCUT2D eigenvalue weighted by Crippen LogP contribution is 2.35. The highest BCUT2D eigenvalue weighted by atomic mass is 19.4. The Morgan fingerprint density at radius 2 is 1.00 bits per heavy atom. The lowest BCUT2D eigenvalue weighted by atomic mass is 10.1. The van der Waals surface area contributed by atoms with E-state index in [9.17, 15) is 40.7 Å². The van der Waals surface area contributed by atoms with Crippen molar-refractivity contribution in [1.29, 1.82) is 0 Å². The standard InChI is InChI=1S/C27H29F3N2O4.C22H21F3N2O2/c1-26(2,3)36-25(34)32(4)16-6-15-31-24(33)19-9-14-22-18(17-19)7-5-8-23(22)35-21-12-10-20(11-13-21)27(28,29)30;1-26-12-3-13-27-21(28)16-6-11-19-15(14-16)4-2-5-20(19)29-18-9-7-17(8-10-18)22(23,24)25/h5,7-14,17H,6,15-16H2,1-4H3,(H,31,33);2,4-11,14,26H,3,12-13H2,1H3,(H,27,28). The summed E-state index contributed by atoms with van der Waals surface area (Å²) in [5.74, 6) is 1.13. The van der Waals surface area contributed by atoms with Gasteiger partial charge in [0.2, 0.25) is 0 Å². The van der Waals surface area contributed by atoms with Crippen LogP contribution in [-0.2, 0) is 17.1 Å². The number of ether oxygens (including phenoxy) is 3. The molecule has 3 amide bonds. The third-order valence-electron chi connectivity index (χ3n) is 9.57. The topological polar surface area (TPSA) is 118 Å². The van der Waals surface area contributed by atoms with Crippen molar-refractivity contribution in [3.05, 3.63) is 144 Å². The lowest BCUT2D eigenvalue weighted by molar-refractivity contribution is -0.138. The van der Waals surface area contributed by atoms with Crippen LogP contribution in [0.1, 0.15) is 65.5 Å². The smallest absolute Gasteiger partial charge is 0.416 e. The number of hydrogen-bond donors (Lipinski definition) is 3. The van der Waals surface area contributed by atoms with Crippen molar-refractivity contribution >= 4 is 39.5 Å². The summed E-state index contributed by atoms with van der Waals surface area (Å²) in [6.07, 6.45) is -7.83. The average molecular weight is 905 g/mol. The lowest BCUT2D eigenvalue weighted by Crippen LogP contribution is -2.36. The van der Waals surface area contributed by atoms with E-state index < -0.39 is 35.2 Å². The molecule has 0 atom stereocenters. The highest BCUT2D eigenvalue weighted by Gasteiger charge is 2.31. The average Bonchev–Trinajstić information content (AvgIpc) is 3.25. The van der Waals surface area contributed by atoms with E-state index in [0.29, 0.717) is 59.8 Å². The first-order chi connectivity index (χ1) is 30.7. The minimum atomic E-state index is -4.41. The molecule has 3 N–H and O–H groups in total. The van der Waals surface area contributed by atoms with E-state index in [1.165, 1.54) is 29.2 Å². The Hall–Kier alpha value is -6.81. The van der Waals surface area contributed by atoms with Gasteiger partial charge in [-0.3, -0.25) is 9.59 Å². The van der Waals surface area contributed by atoms with Crippen LogP contribution in [0.2, 0.25) is 0 Å². The maximum Gasteiger partial charge on any atom is 0.416 e. The van der Waals surface area contributed by atoms with E-state index in [1.807, 2.05) is 19.2 Å². The van der Waals surface area contributed by atoms with E-state index in [1.54, 1.807) is 88.5 Å². The Labute approximate surface area is 372 Å². The van der Waals surface area contributed by atoms with Crippen molar-refractivity contribution in [2.75, 3.05) is 40.3 Å². The van der Waals surface area contributed by atoms with Gasteiger partial charge in [0, 0.05) is 48.6 Å². The molecule has 0 aliphatic carbocycles. The van der Waals surface area contributed by atoms with Crippen LogP contribution >= 0.6 is 0 Å². The zero-order valence-corrected chi connectivity index (χ0v) is 36.5. The molecular weight excluding hydrogens is 855 g/mol. The lowest BCUT2D eigenvalue weighted by Gasteiger charge is -2.24. The van der Waals surface area contributed by atoms with Gasteiger partial charge >= 0.3 is 18.4 Å². The van der Waals surface area contributed by atoms with Gasteiger partial charge in [0.25, 0.3) is 11.8 Å². The minimum absolute atomic E-state index is 0.155. The van der Waals surface area contributed by atoms with Gasteiger partial charge in [0.05, 0.1) is 11.1 Å². The van der Waals surface area contributed by atoms with Crippen LogP contribution in [0.5, 0.6) is 23.0 Å². The molecule has 0 unspecified atom stereocenters. The number of hydrogen-bond acceptors (Lipinski definition) is 7. The maximum atomic E-state index is 12.8. The number of amides is 3. The van der Waals surface area contributed by atoms with Crippen LogP contribution in [0.3, 0.4) is 0 Å². The van der Waals surface area contributed by atoms with Crippen LogP contribution in [0.25, 0.3) is 21.5 Å². The van der Waals surface area contributed by atoms with E-state index in [4.69, 9.17) is 14.2 Å². The van der Waals surface area contributed by atoms with E-state index >= 15 is 0 Å². The monoisotopic (exact) mass is 904 g/mol. The van der Waals surface area contributed by atoms with Gasteiger partial charge in [0.15, 0.2) is 0 Å². The second-order valence-electron chi connectivity index (χ2n) is 15.9. The molecular formula is C49H50F6N4O6. The molecule has 0 fully saturated rings. The predicted octanol–water partition coefficient (Wildman–Crippen LogP) is 11.6. The second-order valence-corrected chi connectivity index (χ2v) is 15.9. The summed E-state index contributed by atoms with van der Waals surface area (Å²) in [5, 5.41) is 11.8. The van der Waals surface area contributed by atoms with Gasteiger partial charge in [-0.2, -0.15) is 26.3 Å². The number of fused-ring (bicyclic) bond motifs is 2. The van der Waals surface area contributed by atoms with Crippen molar-refractivity contribution in [2.45, 2.75) is 51.6 Å². The molecule has 0 radical (unpaired) electrons. The fourth-order valence-electron chi connectivity index (χ4n) is 6.27. The molecule has 6 aromatic rings. The largest absolute Gasteiger partial charge is 0.457 e. The number of carbonyl (C=O) groups is 3. The molecule has 6 rings (SSSR count). The molecule has 0 saturated carbocycles. The number of nitrogens with zero attached hydrogens (tertiary/aromatic N) is 1. The Morgan fingerprint density at radius 3 is 1.40 bits per heavy atom. The molecule has 0 saturated heterocycles. The summed E-state index contributed by atoms with van der Waals surface area (Å²) in [6.45, 7) is 7.60. The van der Waals surface area contributed by atoms with Gasteiger partial charge in [-0.15, -0.1) is 0 Å². The van der Waals surface area contributed by atoms with Crippen LogP contribution < -0.4 is 25.4 Å². The normalized spacial score (nSPS) is 11.6. The van der Waals surface area contributed by atoms with Gasteiger partial charge in [-0.05, 0) is 155 Å². The quantitative estimate of drug-likeness (QED) is 0.0736. The molecule has 0 heterocycles. The van der Waals surface area contributed by atoms with Crippen molar-refractivity contribution in [3.63, 3.8) is 0 Å². The highest BCUT2D eigenvalue weighted by molar-refractivity contribution is 6.01. The molecule has 0 aliphatic rings. The predicted molar refractivity (Wildman–Crippen MR) is 238 cm³/mol. The summed E-state index contributed by atoms with van der Waals surface area (Å²) in [7, 11) is 3.50. The third-order valence-corrected chi connectivity index (χ3v) is 9.57. The first-order valence-corrected chi connectivity index (χ1v) is 20.6. The summed E-state index contributed by atoms with van der Waals surface area (Å²) in [6, 6.07) is 30.0. The molecule has 65 heavy (non-hydrogen) atoms. The fraction of sp³-hybridized carbons (Fsp3) is 0.286. The number of rotatable bonds is 14. The maximum absolute atomic E-state index is 12.8. The Morgan fingerprint density at radius 1 is 0.569 bits per heavy atom. The molecule has 344 valence electrons. The Kier molecular flexibility index (Phi) is 16.4. The van der Waals surface area contributed by atoms with E-state index in [2.05, 4.69) is 16.0 Å². The zero-order valence-electron chi connectivity index (χ0n) is 36.5. The van der Waals surface area contributed by atoms with Crippen molar-refractivity contribution < 1.29 is 54.9 Å². The van der Waals surface area contributed by atoms with E-state index in [0.717, 1.165) is 53.4 Å². The number of benzene rings is 6. The van der Waals surface area contributed by atoms with Gasteiger partial charge < -0.3 is 35.1 Å². The third kappa shape index (κ3) is 14.6. The van der Waals surface area contributed by atoms with Crippen LogP contribution in [0, 0.1) is 0 Å². The Balaban J connectivity index is 0.000000250. The second kappa shape index (κ2) is 21.7.